The van der Waals surface area contributed by atoms with Crippen LogP contribution < -0.4 is 10.5 Å². The summed E-state index contributed by atoms with van der Waals surface area (Å²) < 4.78 is 2.21. The highest BCUT2D eigenvalue weighted by molar-refractivity contribution is 9.10. The molecule has 0 bridgehead atoms. The van der Waals surface area contributed by atoms with E-state index in [0.717, 1.165) is 24.3 Å². The van der Waals surface area contributed by atoms with E-state index in [1.54, 1.807) is 7.05 Å². The van der Waals surface area contributed by atoms with Crippen molar-refractivity contribution in [2.45, 2.75) is 38.6 Å². The second-order valence-electron chi connectivity index (χ2n) is 6.73. The van der Waals surface area contributed by atoms with Gasteiger partial charge in [-0.3, -0.25) is 4.79 Å². The van der Waals surface area contributed by atoms with Crippen LogP contribution in [-0.4, -0.2) is 22.6 Å². The summed E-state index contributed by atoms with van der Waals surface area (Å²) in [6.07, 6.45) is 4.51. The lowest BCUT2D eigenvalue weighted by Crippen LogP contribution is -2.37. The summed E-state index contributed by atoms with van der Waals surface area (Å²) >= 11 is 3.41. The van der Waals surface area contributed by atoms with Gasteiger partial charge in [0.15, 0.2) is 0 Å². The average Bonchev–Trinajstić information content (AvgIpc) is 2.57. The second kappa shape index (κ2) is 6.56. The molecule has 0 atom stereocenters. The molecule has 1 fully saturated rings. The van der Waals surface area contributed by atoms with Crippen LogP contribution in [0, 0.1) is 17.2 Å². The predicted octanol–water partition coefficient (Wildman–Crippen LogP) is 3.58. The van der Waals surface area contributed by atoms with Crippen molar-refractivity contribution in [1.82, 2.24) is 9.55 Å². The third-order valence-electron chi connectivity index (χ3n) is 5.18. The first-order chi connectivity index (χ1) is 11.4. The van der Waals surface area contributed by atoms with Crippen molar-refractivity contribution < 1.29 is 0 Å². The standard InChI is InChI=1S/C18H21BrN4O/c1-11-4-6-12(7-5-11)22(2)17-13(10-20)18(24)23(3)14-8-9-15(19)21-16(14)17/h8-9,11-12H,4-7H2,1-3H3. The number of halogens is 1. The van der Waals surface area contributed by atoms with Gasteiger partial charge in [-0.25, -0.2) is 4.98 Å². The van der Waals surface area contributed by atoms with Crippen molar-refractivity contribution in [2.75, 3.05) is 11.9 Å². The topological polar surface area (TPSA) is 61.9 Å². The Kier molecular flexibility index (Phi) is 4.64. The van der Waals surface area contributed by atoms with Crippen molar-refractivity contribution in [2.24, 2.45) is 13.0 Å². The molecule has 0 aromatic carbocycles. The molecular formula is C18H21BrN4O. The Balaban J connectivity index is 2.22. The number of nitriles is 1. The predicted molar refractivity (Wildman–Crippen MR) is 99.2 cm³/mol. The van der Waals surface area contributed by atoms with Crippen molar-refractivity contribution in [1.29, 1.82) is 5.26 Å². The minimum absolute atomic E-state index is 0.178. The summed E-state index contributed by atoms with van der Waals surface area (Å²) in [7, 11) is 3.67. The van der Waals surface area contributed by atoms with Crippen LogP contribution in [0.5, 0.6) is 0 Å². The molecule has 0 N–H and O–H groups in total. The molecule has 6 heteroatoms. The third-order valence-corrected chi connectivity index (χ3v) is 5.62. The molecule has 3 rings (SSSR count). The van der Waals surface area contributed by atoms with E-state index >= 15 is 0 Å². The van der Waals surface area contributed by atoms with E-state index in [1.807, 2.05) is 19.2 Å². The van der Waals surface area contributed by atoms with Crippen molar-refractivity contribution in [3.63, 3.8) is 0 Å². The molecule has 0 amide bonds. The number of fused-ring (bicyclic) bond motifs is 1. The molecule has 1 saturated carbocycles. The molecule has 1 aliphatic carbocycles. The molecule has 0 radical (unpaired) electrons. The van der Waals surface area contributed by atoms with Gasteiger partial charge in [-0.05, 0) is 59.7 Å². The molecule has 5 nitrogen and oxygen atoms in total. The van der Waals surface area contributed by atoms with Crippen LogP contribution in [-0.2, 0) is 7.05 Å². The van der Waals surface area contributed by atoms with E-state index in [9.17, 15) is 10.1 Å². The fourth-order valence-electron chi connectivity index (χ4n) is 3.63. The molecule has 0 spiro atoms. The molecule has 126 valence electrons. The molecule has 1 aliphatic rings. The van der Waals surface area contributed by atoms with E-state index in [1.165, 1.54) is 17.4 Å². The molecule has 2 aromatic heterocycles. The number of pyridine rings is 2. The van der Waals surface area contributed by atoms with Gasteiger partial charge in [-0.1, -0.05) is 6.92 Å². The zero-order valence-electron chi connectivity index (χ0n) is 14.2. The van der Waals surface area contributed by atoms with E-state index in [-0.39, 0.29) is 11.1 Å². The van der Waals surface area contributed by atoms with Gasteiger partial charge in [-0.15, -0.1) is 0 Å². The van der Waals surface area contributed by atoms with Gasteiger partial charge in [-0.2, -0.15) is 5.26 Å². The monoisotopic (exact) mass is 388 g/mol. The highest BCUT2D eigenvalue weighted by Gasteiger charge is 2.27. The van der Waals surface area contributed by atoms with E-state index in [2.05, 4.69) is 38.8 Å². The lowest BCUT2D eigenvalue weighted by atomic mass is 9.86. The number of nitrogens with zero attached hydrogens (tertiary/aromatic N) is 4. The van der Waals surface area contributed by atoms with Gasteiger partial charge < -0.3 is 9.47 Å². The van der Waals surface area contributed by atoms with Crippen LogP contribution in [0.2, 0.25) is 0 Å². The Hall–Kier alpha value is -1.87. The van der Waals surface area contributed by atoms with Crippen LogP contribution in [0.1, 0.15) is 38.2 Å². The van der Waals surface area contributed by atoms with Gasteiger partial charge in [0.05, 0.1) is 11.2 Å². The normalized spacial score (nSPS) is 20.8. The Bertz CT molecular complexity index is 875. The Morgan fingerprint density at radius 1 is 1.33 bits per heavy atom. The SMILES string of the molecule is CC1CCC(N(C)c2c(C#N)c(=O)n(C)c3ccc(Br)nc23)CC1. The molecule has 0 unspecified atom stereocenters. The lowest BCUT2D eigenvalue weighted by molar-refractivity contribution is 0.341. The second-order valence-corrected chi connectivity index (χ2v) is 7.54. The van der Waals surface area contributed by atoms with Crippen LogP contribution >= 0.6 is 15.9 Å². The molecule has 24 heavy (non-hydrogen) atoms. The first-order valence-corrected chi connectivity index (χ1v) is 9.05. The summed E-state index contributed by atoms with van der Waals surface area (Å²) in [5.74, 6) is 0.748. The smallest absolute Gasteiger partial charge is 0.270 e. The molecule has 0 saturated heterocycles. The molecular weight excluding hydrogens is 368 g/mol. The third kappa shape index (κ3) is 2.82. The quantitative estimate of drug-likeness (QED) is 0.737. The van der Waals surface area contributed by atoms with Crippen LogP contribution in [0.15, 0.2) is 21.5 Å². The van der Waals surface area contributed by atoms with Crippen LogP contribution in [0.25, 0.3) is 11.0 Å². The largest absolute Gasteiger partial charge is 0.369 e. The number of anilines is 1. The maximum Gasteiger partial charge on any atom is 0.270 e. The maximum absolute atomic E-state index is 12.6. The fraction of sp³-hybridized carbons (Fsp3) is 0.500. The summed E-state index contributed by atoms with van der Waals surface area (Å²) in [4.78, 5) is 19.3. The van der Waals surface area contributed by atoms with E-state index in [0.29, 0.717) is 21.8 Å². The summed E-state index contributed by atoms with van der Waals surface area (Å²) in [6.45, 7) is 2.28. The Morgan fingerprint density at radius 3 is 2.62 bits per heavy atom. The zero-order chi connectivity index (χ0) is 17.4. The molecule has 0 aliphatic heterocycles. The van der Waals surface area contributed by atoms with Crippen LogP contribution in [0.4, 0.5) is 5.69 Å². The zero-order valence-corrected chi connectivity index (χ0v) is 15.8. The number of hydrogen-bond donors (Lipinski definition) is 0. The minimum Gasteiger partial charge on any atom is -0.369 e. The van der Waals surface area contributed by atoms with Crippen molar-refractivity contribution >= 4 is 32.7 Å². The Labute approximate surface area is 150 Å². The van der Waals surface area contributed by atoms with Gasteiger partial charge in [0.25, 0.3) is 5.56 Å². The minimum atomic E-state index is -0.264. The molecule has 2 heterocycles. The number of aromatic nitrogens is 2. The summed E-state index contributed by atoms with van der Waals surface area (Å²) in [6, 6.07) is 6.14. The van der Waals surface area contributed by atoms with Gasteiger partial charge in [0.1, 0.15) is 21.8 Å². The fourth-order valence-corrected chi connectivity index (χ4v) is 3.94. The van der Waals surface area contributed by atoms with Crippen molar-refractivity contribution in [3.8, 4) is 6.07 Å². The lowest BCUT2D eigenvalue weighted by Gasteiger charge is -2.35. The maximum atomic E-state index is 12.6. The number of aryl methyl sites for hydroxylation is 1. The average molecular weight is 389 g/mol. The van der Waals surface area contributed by atoms with E-state index < -0.39 is 0 Å². The van der Waals surface area contributed by atoms with E-state index in [4.69, 9.17) is 0 Å². The first-order valence-electron chi connectivity index (χ1n) is 8.26. The van der Waals surface area contributed by atoms with Gasteiger partial charge in [0.2, 0.25) is 0 Å². The highest BCUT2D eigenvalue weighted by Crippen LogP contribution is 2.33. The Morgan fingerprint density at radius 2 is 2.00 bits per heavy atom. The van der Waals surface area contributed by atoms with Gasteiger partial charge >= 0.3 is 0 Å². The van der Waals surface area contributed by atoms with Gasteiger partial charge in [0, 0.05) is 20.1 Å². The highest BCUT2D eigenvalue weighted by atomic mass is 79.9. The number of rotatable bonds is 2. The first kappa shape index (κ1) is 17.0. The van der Waals surface area contributed by atoms with Crippen molar-refractivity contribution in [3.05, 3.63) is 32.7 Å². The summed E-state index contributed by atoms with van der Waals surface area (Å²) in [5.41, 5.74) is 2.02. The molecule has 2 aromatic rings. The van der Waals surface area contributed by atoms with Crippen LogP contribution in [0.3, 0.4) is 0 Å². The summed E-state index contributed by atoms with van der Waals surface area (Å²) in [5, 5.41) is 9.61. The number of hydrogen-bond acceptors (Lipinski definition) is 4.